The Labute approximate surface area is 169 Å². The van der Waals surface area contributed by atoms with E-state index >= 15 is 0 Å². The second kappa shape index (κ2) is 10.2. The van der Waals surface area contributed by atoms with Gasteiger partial charge in [-0.15, -0.1) is 0 Å². The minimum atomic E-state index is -3.58. The maximum absolute atomic E-state index is 12.8. The highest BCUT2D eigenvalue weighted by Gasteiger charge is 2.31. The summed E-state index contributed by atoms with van der Waals surface area (Å²) in [7, 11) is -1.45. The normalized spacial score (nSPS) is 17.3. The van der Waals surface area contributed by atoms with Gasteiger partial charge >= 0.3 is 0 Å². The molecule has 0 saturated carbocycles. The highest BCUT2D eigenvalue weighted by Crippen LogP contribution is 2.23. The van der Waals surface area contributed by atoms with Crippen LogP contribution >= 0.6 is 0 Å². The monoisotopic (exact) mass is 410 g/mol. The van der Waals surface area contributed by atoms with Crippen LogP contribution in [0.25, 0.3) is 0 Å². The second-order valence-electron chi connectivity index (χ2n) is 7.61. The Hall–Kier alpha value is -1.64. The number of likely N-dealkylation sites (N-methyl/N-ethyl adjacent to an activating group) is 1. The molecular formula is C20H34N4O3S. The predicted molar refractivity (Wildman–Crippen MR) is 114 cm³/mol. The van der Waals surface area contributed by atoms with Crippen molar-refractivity contribution in [3.63, 3.8) is 0 Å². The van der Waals surface area contributed by atoms with E-state index in [0.717, 1.165) is 51.0 Å². The van der Waals surface area contributed by atoms with E-state index in [0.29, 0.717) is 18.7 Å². The summed E-state index contributed by atoms with van der Waals surface area (Å²) in [6.45, 7) is 9.52. The molecule has 1 fully saturated rings. The van der Waals surface area contributed by atoms with Gasteiger partial charge in [0.15, 0.2) is 0 Å². The predicted octanol–water partition coefficient (Wildman–Crippen LogP) is 1.29. The van der Waals surface area contributed by atoms with E-state index in [1.165, 1.54) is 4.31 Å². The number of rotatable bonds is 9. The number of aryl methyl sites for hydroxylation is 1. The molecule has 0 spiro atoms. The molecule has 1 amide bonds. The highest BCUT2D eigenvalue weighted by molar-refractivity contribution is 7.92. The van der Waals surface area contributed by atoms with E-state index < -0.39 is 16.1 Å². The van der Waals surface area contributed by atoms with Crippen molar-refractivity contribution < 1.29 is 13.2 Å². The molecule has 8 heteroatoms. The summed E-state index contributed by atoms with van der Waals surface area (Å²) in [6.07, 6.45) is 2.41. The van der Waals surface area contributed by atoms with Crippen LogP contribution in [0.1, 0.15) is 25.3 Å². The molecule has 0 unspecified atom stereocenters. The molecule has 158 valence electrons. The van der Waals surface area contributed by atoms with E-state index in [2.05, 4.69) is 22.2 Å². The number of nitrogens with zero attached hydrogens (tertiary/aromatic N) is 3. The fourth-order valence-electron chi connectivity index (χ4n) is 3.46. The maximum Gasteiger partial charge on any atom is 0.243 e. The fraction of sp³-hybridized carbons (Fsp3) is 0.650. The molecule has 1 aromatic rings. The zero-order valence-electron chi connectivity index (χ0n) is 17.5. The largest absolute Gasteiger partial charge is 0.354 e. The van der Waals surface area contributed by atoms with Gasteiger partial charge in [-0.1, -0.05) is 24.6 Å². The fourth-order valence-corrected chi connectivity index (χ4v) is 4.67. The van der Waals surface area contributed by atoms with Crippen molar-refractivity contribution >= 4 is 21.6 Å². The molecule has 1 aliphatic rings. The first-order chi connectivity index (χ1) is 13.2. The van der Waals surface area contributed by atoms with Gasteiger partial charge in [0, 0.05) is 32.7 Å². The van der Waals surface area contributed by atoms with Crippen molar-refractivity contribution in [1.82, 2.24) is 15.1 Å². The third-order valence-corrected chi connectivity index (χ3v) is 6.34. The number of amides is 1. The Balaban J connectivity index is 1.95. The molecule has 0 radical (unpaired) electrons. The molecule has 1 N–H and O–H groups in total. The molecule has 0 aliphatic carbocycles. The number of nitrogens with one attached hydrogen (secondary N) is 1. The molecule has 0 bridgehead atoms. The third-order valence-electron chi connectivity index (χ3n) is 5.16. The molecule has 28 heavy (non-hydrogen) atoms. The smallest absolute Gasteiger partial charge is 0.243 e. The van der Waals surface area contributed by atoms with Crippen molar-refractivity contribution in [2.45, 2.75) is 32.7 Å². The van der Waals surface area contributed by atoms with Crippen LogP contribution in [0.5, 0.6) is 0 Å². The minimum Gasteiger partial charge on any atom is -0.354 e. The summed E-state index contributed by atoms with van der Waals surface area (Å²) >= 11 is 0. The number of hydrogen-bond acceptors (Lipinski definition) is 5. The number of carbonyl (C=O) groups is 1. The van der Waals surface area contributed by atoms with Crippen LogP contribution in [0.2, 0.25) is 0 Å². The molecule has 2 rings (SSSR count). The topological polar surface area (TPSA) is 73.0 Å². The maximum atomic E-state index is 12.8. The van der Waals surface area contributed by atoms with Crippen molar-refractivity contribution in [2.24, 2.45) is 0 Å². The van der Waals surface area contributed by atoms with Gasteiger partial charge < -0.3 is 15.1 Å². The van der Waals surface area contributed by atoms with E-state index in [9.17, 15) is 13.2 Å². The van der Waals surface area contributed by atoms with Crippen LogP contribution in [-0.4, -0.2) is 82.7 Å². The van der Waals surface area contributed by atoms with Gasteiger partial charge in [-0.05, 0) is 45.5 Å². The zero-order chi connectivity index (χ0) is 20.7. The lowest BCUT2D eigenvalue weighted by molar-refractivity contribution is -0.122. The molecule has 1 saturated heterocycles. The highest BCUT2D eigenvalue weighted by atomic mass is 32.2. The number of benzene rings is 1. The van der Waals surface area contributed by atoms with Crippen LogP contribution in [0.15, 0.2) is 24.3 Å². The third kappa shape index (κ3) is 6.46. The van der Waals surface area contributed by atoms with E-state index in [1.54, 1.807) is 12.1 Å². The average Bonchev–Trinajstić information content (AvgIpc) is 2.64. The van der Waals surface area contributed by atoms with Crippen molar-refractivity contribution in [1.29, 1.82) is 0 Å². The van der Waals surface area contributed by atoms with Gasteiger partial charge in [0.05, 0.1) is 11.9 Å². The van der Waals surface area contributed by atoms with Crippen LogP contribution in [-0.2, 0) is 14.8 Å². The van der Waals surface area contributed by atoms with Gasteiger partial charge in [0.1, 0.15) is 6.04 Å². The number of carbonyl (C=O) groups excluding carboxylic acids is 1. The summed E-state index contributed by atoms with van der Waals surface area (Å²) < 4.78 is 26.1. The van der Waals surface area contributed by atoms with Crippen LogP contribution in [0.3, 0.4) is 0 Å². The van der Waals surface area contributed by atoms with Crippen molar-refractivity contribution in [3.05, 3.63) is 29.8 Å². The molecule has 1 atom stereocenters. The quantitative estimate of drug-likeness (QED) is 0.621. The molecule has 0 aromatic heterocycles. The van der Waals surface area contributed by atoms with Crippen molar-refractivity contribution in [2.75, 3.05) is 56.9 Å². The summed E-state index contributed by atoms with van der Waals surface area (Å²) in [6, 6.07) is 6.46. The Kier molecular flexibility index (Phi) is 8.27. The Morgan fingerprint density at radius 1 is 1.18 bits per heavy atom. The number of sulfonamides is 1. The van der Waals surface area contributed by atoms with E-state index in [4.69, 9.17) is 0 Å². The lowest BCUT2D eigenvalue weighted by Crippen LogP contribution is -2.50. The Bertz CT molecular complexity index is 728. The second-order valence-corrected chi connectivity index (χ2v) is 9.47. The molecular weight excluding hydrogens is 376 g/mol. The van der Waals surface area contributed by atoms with Gasteiger partial charge in [-0.25, -0.2) is 8.42 Å². The minimum absolute atomic E-state index is 0.244. The van der Waals surface area contributed by atoms with E-state index in [1.807, 2.05) is 26.0 Å². The number of anilines is 1. The Morgan fingerprint density at radius 2 is 1.79 bits per heavy atom. The summed E-state index contributed by atoms with van der Waals surface area (Å²) in [5.41, 5.74) is 1.56. The van der Waals surface area contributed by atoms with Crippen LogP contribution < -0.4 is 9.62 Å². The first-order valence-electron chi connectivity index (χ1n) is 9.97. The summed E-state index contributed by atoms with van der Waals surface area (Å²) in [5, 5.41) is 2.93. The number of piperazine rings is 1. The van der Waals surface area contributed by atoms with Crippen molar-refractivity contribution in [3.8, 4) is 0 Å². The molecule has 1 aliphatic heterocycles. The van der Waals surface area contributed by atoms with Gasteiger partial charge in [0.2, 0.25) is 15.9 Å². The summed E-state index contributed by atoms with van der Waals surface area (Å²) in [5.74, 6) is -0.244. The SMILES string of the molecule is CC[C@@H](C(=O)NCCCN1CCN(C)CC1)N(c1ccc(C)cc1)S(C)(=O)=O. The number of hydrogen-bond donors (Lipinski definition) is 1. The average molecular weight is 411 g/mol. The first-order valence-corrected chi connectivity index (χ1v) is 11.8. The summed E-state index contributed by atoms with van der Waals surface area (Å²) in [4.78, 5) is 17.5. The van der Waals surface area contributed by atoms with Gasteiger partial charge in [0.25, 0.3) is 0 Å². The zero-order valence-corrected chi connectivity index (χ0v) is 18.3. The lowest BCUT2D eigenvalue weighted by atomic mass is 10.1. The van der Waals surface area contributed by atoms with Crippen LogP contribution in [0, 0.1) is 6.92 Å². The first kappa shape index (κ1) is 22.6. The molecule has 7 nitrogen and oxygen atoms in total. The van der Waals surface area contributed by atoms with Gasteiger partial charge in [-0.2, -0.15) is 0 Å². The molecule has 1 heterocycles. The van der Waals surface area contributed by atoms with Gasteiger partial charge in [-0.3, -0.25) is 9.10 Å². The van der Waals surface area contributed by atoms with E-state index in [-0.39, 0.29) is 5.91 Å². The standard InChI is InChI=1S/C20H34N4O3S/c1-5-19(24(28(4,26)27)18-9-7-17(2)8-10-18)20(25)21-11-6-12-23-15-13-22(3)14-16-23/h7-10,19H,5-6,11-16H2,1-4H3,(H,21,25)/t19-/m0/s1. The van der Waals surface area contributed by atoms with Crippen LogP contribution in [0.4, 0.5) is 5.69 Å². The molecule has 1 aromatic carbocycles. The lowest BCUT2D eigenvalue weighted by Gasteiger charge is -2.32. The Morgan fingerprint density at radius 3 is 2.32 bits per heavy atom.